The number of carbonyl (C=O) groups excluding carboxylic acids is 2. The monoisotopic (exact) mass is 278 g/mol. The minimum absolute atomic E-state index is 0.0432. The van der Waals surface area contributed by atoms with E-state index in [1.807, 2.05) is 0 Å². The van der Waals surface area contributed by atoms with E-state index in [-0.39, 0.29) is 24.9 Å². The number of nitrogens with one attached hydrogen (secondary N) is 1. The maximum atomic E-state index is 12.0. The topological polar surface area (TPSA) is 86.7 Å². The molecule has 0 saturated carbocycles. The first-order valence-corrected chi connectivity index (χ1v) is 6.22. The first-order valence-electron chi connectivity index (χ1n) is 6.22. The van der Waals surface area contributed by atoms with Crippen LogP contribution in [0.2, 0.25) is 0 Å². The van der Waals surface area contributed by atoms with E-state index in [0.29, 0.717) is 5.56 Å². The Morgan fingerprint density at radius 2 is 1.85 bits per heavy atom. The number of carboxylic acids is 1. The fraction of sp³-hybridized carbons (Fsp3) is 0.357. The number of benzene rings is 1. The van der Waals surface area contributed by atoms with Gasteiger partial charge in [0.2, 0.25) is 5.91 Å². The predicted molar refractivity (Wildman–Crippen MR) is 73.2 cm³/mol. The highest BCUT2D eigenvalue weighted by Gasteiger charge is 2.16. The molecule has 1 aromatic rings. The second-order valence-corrected chi connectivity index (χ2v) is 4.57. The second-order valence-electron chi connectivity index (χ2n) is 4.57. The highest BCUT2D eigenvalue weighted by molar-refractivity contribution is 5.96. The van der Waals surface area contributed by atoms with Crippen molar-refractivity contribution in [2.45, 2.75) is 6.92 Å². The molecule has 1 rings (SSSR count). The van der Waals surface area contributed by atoms with Gasteiger partial charge in [0.25, 0.3) is 5.91 Å². The predicted octanol–water partition coefficient (Wildman–Crippen LogP) is 0.595. The number of carbonyl (C=O) groups is 3. The minimum atomic E-state index is -0.973. The molecular formula is C14H18N2O4. The van der Waals surface area contributed by atoms with Gasteiger partial charge in [-0.2, -0.15) is 0 Å². The molecule has 1 aromatic carbocycles. The number of hydrogen-bond acceptors (Lipinski definition) is 3. The molecule has 0 fully saturated rings. The van der Waals surface area contributed by atoms with Gasteiger partial charge in [0.1, 0.15) is 0 Å². The zero-order chi connectivity index (χ0) is 15.1. The van der Waals surface area contributed by atoms with Crippen molar-refractivity contribution in [3.05, 3.63) is 35.9 Å². The van der Waals surface area contributed by atoms with Crippen LogP contribution in [0.25, 0.3) is 0 Å². The minimum Gasteiger partial charge on any atom is -0.481 e. The van der Waals surface area contributed by atoms with Crippen LogP contribution in [0, 0.1) is 5.92 Å². The number of likely N-dealkylation sites (N-methyl/N-ethyl adjacent to an activating group) is 1. The van der Waals surface area contributed by atoms with Crippen LogP contribution < -0.4 is 5.32 Å². The van der Waals surface area contributed by atoms with Crippen molar-refractivity contribution >= 4 is 17.8 Å². The number of aliphatic carboxylic acids is 1. The first kappa shape index (κ1) is 15.7. The molecule has 108 valence electrons. The van der Waals surface area contributed by atoms with E-state index in [1.165, 1.54) is 18.9 Å². The molecule has 0 heterocycles. The van der Waals surface area contributed by atoms with Crippen LogP contribution in [0.1, 0.15) is 17.3 Å². The Labute approximate surface area is 117 Å². The van der Waals surface area contributed by atoms with Crippen LogP contribution in [-0.2, 0) is 9.59 Å². The Kier molecular flexibility index (Phi) is 5.71. The molecule has 0 aliphatic heterocycles. The summed E-state index contributed by atoms with van der Waals surface area (Å²) in [6, 6.07) is 8.63. The number of amides is 2. The van der Waals surface area contributed by atoms with Gasteiger partial charge in [-0.25, -0.2) is 0 Å². The van der Waals surface area contributed by atoms with Crippen LogP contribution >= 0.6 is 0 Å². The van der Waals surface area contributed by atoms with E-state index in [2.05, 4.69) is 5.32 Å². The largest absolute Gasteiger partial charge is 0.481 e. The lowest BCUT2D eigenvalue weighted by molar-refractivity contribution is -0.141. The molecule has 0 radical (unpaired) electrons. The van der Waals surface area contributed by atoms with Gasteiger partial charge in [0.05, 0.1) is 12.5 Å². The molecular weight excluding hydrogens is 260 g/mol. The van der Waals surface area contributed by atoms with Crippen LogP contribution in [0.15, 0.2) is 30.3 Å². The Morgan fingerprint density at radius 3 is 2.40 bits per heavy atom. The van der Waals surface area contributed by atoms with Crippen molar-refractivity contribution in [3.8, 4) is 0 Å². The smallest absolute Gasteiger partial charge is 0.308 e. The molecule has 0 spiro atoms. The summed E-state index contributed by atoms with van der Waals surface area (Å²) in [6.07, 6.45) is 0. The number of nitrogens with zero attached hydrogens (tertiary/aromatic N) is 1. The van der Waals surface area contributed by atoms with E-state index in [0.717, 1.165) is 0 Å². The maximum Gasteiger partial charge on any atom is 0.308 e. The van der Waals surface area contributed by atoms with Crippen LogP contribution in [0.4, 0.5) is 0 Å². The summed E-state index contributed by atoms with van der Waals surface area (Å²) >= 11 is 0. The molecule has 0 aromatic heterocycles. The summed E-state index contributed by atoms with van der Waals surface area (Å²) in [5, 5.41) is 11.2. The lowest BCUT2D eigenvalue weighted by Gasteiger charge is -2.17. The van der Waals surface area contributed by atoms with Crippen molar-refractivity contribution in [2.24, 2.45) is 5.92 Å². The van der Waals surface area contributed by atoms with Gasteiger partial charge >= 0.3 is 5.97 Å². The van der Waals surface area contributed by atoms with Crippen molar-refractivity contribution in [3.63, 3.8) is 0 Å². The number of carboxylic acid groups (broad SMARTS) is 1. The molecule has 6 nitrogen and oxygen atoms in total. The van der Waals surface area contributed by atoms with Gasteiger partial charge in [0, 0.05) is 19.2 Å². The third-order valence-corrected chi connectivity index (χ3v) is 2.78. The molecule has 2 amide bonds. The van der Waals surface area contributed by atoms with Gasteiger partial charge in [-0.3, -0.25) is 14.4 Å². The van der Waals surface area contributed by atoms with Gasteiger partial charge in [-0.15, -0.1) is 0 Å². The lowest BCUT2D eigenvalue weighted by atomic mass is 10.2. The van der Waals surface area contributed by atoms with E-state index in [9.17, 15) is 14.4 Å². The van der Waals surface area contributed by atoms with Gasteiger partial charge in [0.15, 0.2) is 0 Å². The van der Waals surface area contributed by atoms with Crippen molar-refractivity contribution in [2.75, 3.05) is 20.1 Å². The summed E-state index contributed by atoms with van der Waals surface area (Å²) in [7, 11) is 1.52. The zero-order valence-corrected chi connectivity index (χ0v) is 11.5. The van der Waals surface area contributed by atoms with Crippen molar-refractivity contribution in [1.29, 1.82) is 0 Å². The SMILES string of the molecule is CC(CNC(=O)CN(C)C(=O)c1ccccc1)C(=O)O. The summed E-state index contributed by atoms with van der Waals surface area (Å²) in [5.41, 5.74) is 0.502. The van der Waals surface area contributed by atoms with Crippen LogP contribution in [0.5, 0.6) is 0 Å². The zero-order valence-electron chi connectivity index (χ0n) is 11.5. The summed E-state index contributed by atoms with van der Waals surface area (Å²) in [6.45, 7) is 1.43. The lowest BCUT2D eigenvalue weighted by Crippen LogP contribution is -2.40. The Morgan fingerprint density at radius 1 is 1.25 bits per heavy atom. The maximum absolute atomic E-state index is 12.0. The van der Waals surface area contributed by atoms with E-state index in [1.54, 1.807) is 30.3 Å². The fourth-order valence-electron chi connectivity index (χ4n) is 1.50. The molecule has 0 aliphatic carbocycles. The normalized spacial score (nSPS) is 11.5. The fourth-order valence-corrected chi connectivity index (χ4v) is 1.50. The molecule has 6 heteroatoms. The van der Waals surface area contributed by atoms with Crippen molar-refractivity contribution < 1.29 is 19.5 Å². The van der Waals surface area contributed by atoms with Gasteiger partial charge < -0.3 is 15.3 Å². The average molecular weight is 278 g/mol. The molecule has 2 N–H and O–H groups in total. The molecule has 0 saturated heterocycles. The molecule has 0 aliphatic rings. The molecule has 20 heavy (non-hydrogen) atoms. The molecule has 0 bridgehead atoms. The highest BCUT2D eigenvalue weighted by atomic mass is 16.4. The summed E-state index contributed by atoms with van der Waals surface area (Å²) < 4.78 is 0. The van der Waals surface area contributed by atoms with E-state index < -0.39 is 11.9 Å². The summed E-state index contributed by atoms with van der Waals surface area (Å²) in [5.74, 6) is -2.27. The second kappa shape index (κ2) is 7.28. The Balaban J connectivity index is 2.46. The van der Waals surface area contributed by atoms with Gasteiger partial charge in [-0.05, 0) is 12.1 Å². The average Bonchev–Trinajstić information content (AvgIpc) is 2.44. The molecule has 1 atom stereocenters. The van der Waals surface area contributed by atoms with Crippen molar-refractivity contribution in [1.82, 2.24) is 10.2 Å². The quantitative estimate of drug-likeness (QED) is 0.797. The number of rotatable bonds is 6. The highest BCUT2D eigenvalue weighted by Crippen LogP contribution is 2.02. The Bertz CT molecular complexity index is 487. The third kappa shape index (κ3) is 4.72. The number of hydrogen-bond donors (Lipinski definition) is 2. The van der Waals surface area contributed by atoms with Crippen LogP contribution in [0.3, 0.4) is 0 Å². The standard InChI is InChI=1S/C14H18N2O4/c1-10(14(19)20)8-15-12(17)9-16(2)13(18)11-6-4-3-5-7-11/h3-7,10H,8-9H2,1-2H3,(H,15,17)(H,19,20). The van der Waals surface area contributed by atoms with Crippen LogP contribution in [-0.4, -0.2) is 47.9 Å². The first-order chi connectivity index (χ1) is 9.41. The summed E-state index contributed by atoms with van der Waals surface area (Å²) in [4.78, 5) is 35.5. The van der Waals surface area contributed by atoms with E-state index >= 15 is 0 Å². The molecule has 1 unspecified atom stereocenters. The van der Waals surface area contributed by atoms with E-state index in [4.69, 9.17) is 5.11 Å². The van der Waals surface area contributed by atoms with Gasteiger partial charge in [-0.1, -0.05) is 25.1 Å². The third-order valence-electron chi connectivity index (χ3n) is 2.78. The Hall–Kier alpha value is -2.37.